The fraction of sp³-hybridized carbons (Fsp3) is 0.714. The van der Waals surface area contributed by atoms with Crippen LogP contribution in [-0.4, -0.2) is 42.0 Å². The molecule has 0 radical (unpaired) electrons. The maximum absolute atomic E-state index is 10.8. The van der Waals surface area contributed by atoms with Crippen LogP contribution in [-0.2, 0) is 9.53 Å². The van der Waals surface area contributed by atoms with Crippen LogP contribution in [0.15, 0.2) is 0 Å². The Labute approximate surface area is 86.2 Å². The first-order chi connectivity index (χ1) is 6.46. The first kappa shape index (κ1) is 13.1. The molecule has 0 aliphatic rings. The molecule has 0 rings (SSSR count). The van der Waals surface area contributed by atoms with Gasteiger partial charge in [-0.3, -0.25) is 5.73 Å². The highest BCUT2D eigenvalue weighted by Crippen LogP contribution is 2.13. The monoisotopic (exact) mass is 222 g/mol. The van der Waals surface area contributed by atoms with Crippen molar-refractivity contribution >= 4 is 23.8 Å². The van der Waals surface area contributed by atoms with Gasteiger partial charge in [0.05, 0.1) is 0 Å². The van der Waals surface area contributed by atoms with Gasteiger partial charge in [0.25, 0.3) is 5.72 Å². The van der Waals surface area contributed by atoms with Crippen molar-refractivity contribution in [3.05, 3.63) is 0 Å². The summed E-state index contributed by atoms with van der Waals surface area (Å²) in [4.78, 5) is 21.6. The Balaban J connectivity index is 4.39. The normalized spacial score (nSPS) is 14.2. The molecular formula is C7H14N2O4S. The summed E-state index contributed by atoms with van der Waals surface area (Å²) in [5.41, 5.74) is 3.47. The third-order valence-electron chi connectivity index (χ3n) is 1.52. The lowest BCUT2D eigenvalue weighted by atomic mass is 10.2. The second kappa shape index (κ2) is 5.71. The van der Waals surface area contributed by atoms with E-state index in [4.69, 9.17) is 10.8 Å². The van der Waals surface area contributed by atoms with Gasteiger partial charge in [-0.15, -0.1) is 0 Å². The van der Waals surface area contributed by atoms with Crippen molar-refractivity contribution in [1.29, 1.82) is 0 Å². The summed E-state index contributed by atoms with van der Waals surface area (Å²) >= 11 is 1.43. The molecule has 82 valence electrons. The highest BCUT2D eigenvalue weighted by molar-refractivity contribution is 7.98. The third kappa shape index (κ3) is 3.84. The summed E-state index contributed by atoms with van der Waals surface area (Å²) in [6.07, 6.45) is 1.02. The Kier molecular flexibility index (Phi) is 5.32. The zero-order chi connectivity index (χ0) is 11.2. The van der Waals surface area contributed by atoms with E-state index in [0.29, 0.717) is 5.75 Å². The molecule has 0 bridgehead atoms. The van der Waals surface area contributed by atoms with Crippen molar-refractivity contribution in [1.82, 2.24) is 5.32 Å². The summed E-state index contributed by atoms with van der Waals surface area (Å²) in [6, 6.07) is 0. The van der Waals surface area contributed by atoms with Crippen LogP contribution in [0.5, 0.6) is 0 Å². The number of rotatable bonds is 5. The number of thioether (sulfide) groups is 1. The lowest BCUT2D eigenvalue weighted by Crippen LogP contribution is -2.53. The minimum absolute atomic E-state index is 0.0664. The highest BCUT2D eigenvalue weighted by atomic mass is 32.2. The topological polar surface area (TPSA) is 102 Å². The Morgan fingerprint density at radius 1 is 1.64 bits per heavy atom. The number of aliphatic carboxylic acids is 1. The lowest BCUT2D eigenvalue weighted by Gasteiger charge is -2.23. The maximum atomic E-state index is 10.8. The average molecular weight is 222 g/mol. The fourth-order valence-corrected chi connectivity index (χ4v) is 1.18. The van der Waals surface area contributed by atoms with Gasteiger partial charge in [0, 0.05) is 13.5 Å². The first-order valence-corrected chi connectivity index (χ1v) is 5.27. The van der Waals surface area contributed by atoms with Crippen LogP contribution in [0.1, 0.15) is 6.42 Å². The van der Waals surface area contributed by atoms with E-state index < -0.39 is 17.8 Å². The molecule has 4 N–H and O–H groups in total. The molecule has 0 aliphatic carbocycles. The van der Waals surface area contributed by atoms with Gasteiger partial charge in [0.2, 0.25) is 0 Å². The van der Waals surface area contributed by atoms with E-state index in [2.05, 4.69) is 10.1 Å². The molecule has 0 fully saturated rings. The van der Waals surface area contributed by atoms with E-state index in [-0.39, 0.29) is 6.42 Å². The number of carboxylic acid groups (broad SMARTS) is 1. The van der Waals surface area contributed by atoms with Crippen molar-refractivity contribution < 1.29 is 19.4 Å². The molecule has 1 atom stereocenters. The molecule has 0 aliphatic heterocycles. The van der Waals surface area contributed by atoms with Crippen LogP contribution in [0.25, 0.3) is 0 Å². The van der Waals surface area contributed by atoms with Gasteiger partial charge in [0.1, 0.15) is 0 Å². The number of hydrogen-bond acceptors (Lipinski definition) is 5. The lowest BCUT2D eigenvalue weighted by molar-refractivity contribution is -0.158. The predicted octanol–water partition coefficient (Wildman–Crippen LogP) is -0.165. The molecule has 14 heavy (non-hydrogen) atoms. The molecule has 0 aromatic carbocycles. The summed E-state index contributed by atoms with van der Waals surface area (Å²) in [5.74, 6) is -0.852. The fourth-order valence-electron chi connectivity index (χ4n) is 0.672. The van der Waals surface area contributed by atoms with E-state index >= 15 is 0 Å². The van der Waals surface area contributed by atoms with Gasteiger partial charge in [-0.2, -0.15) is 11.8 Å². The van der Waals surface area contributed by atoms with Crippen LogP contribution in [0, 0.1) is 0 Å². The molecule has 0 aromatic rings. The number of carboxylic acids is 1. The number of amides is 1. The van der Waals surface area contributed by atoms with Crippen molar-refractivity contribution in [2.75, 3.05) is 19.1 Å². The molecule has 1 amide bonds. The van der Waals surface area contributed by atoms with E-state index in [1.54, 1.807) is 0 Å². The number of nitrogens with two attached hydrogens (primary N) is 1. The van der Waals surface area contributed by atoms with E-state index in [1.165, 1.54) is 18.8 Å². The van der Waals surface area contributed by atoms with Crippen molar-refractivity contribution in [2.45, 2.75) is 12.1 Å². The van der Waals surface area contributed by atoms with Crippen LogP contribution in [0.4, 0.5) is 4.79 Å². The Hall–Kier alpha value is -0.950. The average Bonchev–Trinajstić information content (AvgIpc) is 2.14. The molecule has 0 spiro atoms. The number of hydrogen-bond donors (Lipinski definition) is 3. The Morgan fingerprint density at radius 3 is 2.57 bits per heavy atom. The second-order valence-electron chi connectivity index (χ2n) is 2.58. The van der Waals surface area contributed by atoms with Gasteiger partial charge >= 0.3 is 12.1 Å². The summed E-state index contributed by atoms with van der Waals surface area (Å²) in [5, 5.41) is 10.9. The standard InChI is InChI=1S/C7H14N2O4S/c1-9-6(12)13-7(8,5(10)11)3-4-14-2/h3-4,8H2,1-2H3,(H,9,12)(H,10,11). The molecule has 0 saturated carbocycles. The van der Waals surface area contributed by atoms with Crippen LogP contribution >= 0.6 is 11.8 Å². The van der Waals surface area contributed by atoms with Crippen LogP contribution in [0.2, 0.25) is 0 Å². The minimum atomic E-state index is -1.94. The third-order valence-corrected chi connectivity index (χ3v) is 2.13. The Morgan fingerprint density at radius 2 is 2.21 bits per heavy atom. The van der Waals surface area contributed by atoms with Gasteiger partial charge < -0.3 is 15.2 Å². The predicted molar refractivity (Wildman–Crippen MR) is 53.1 cm³/mol. The van der Waals surface area contributed by atoms with Crippen molar-refractivity contribution in [3.63, 3.8) is 0 Å². The zero-order valence-electron chi connectivity index (χ0n) is 8.07. The molecule has 0 aromatic heterocycles. The van der Waals surface area contributed by atoms with E-state index in [9.17, 15) is 9.59 Å². The smallest absolute Gasteiger partial charge is 0.409 e. The Bertz CT molecular complexity index is 224. The van der Waals surface area contributed by atoms with E-state index in [1.807, 2.05) is 6.26 Å². The molecular weight excluding hydrogens is 208 g/mol. The van der Waals surface area contributed by atoms with Gasteiger partial charge in [-0.05, 0) is 12.0 Å². The largest absolute Gasteiger partial charge is 0.477 e. The van der Waals surface area contributed by atoms with Gasteiger partial charge in [0.15, 0.2) is 0 Å². The molecule has 0 saturated heterocycles. The first-order valence-electron chi connectivity index (χ1n) is 3.88. The molecule has 6 nitrogen and oxygen atoms in total. The van der Waals surface area contributed by atoms with E-state index in [0.717, 1.165) is 0 Å². The van der Waals surface area contributed by atoms with Crippen molar-refractivity contribution in [3.8, 4) is 0 Å². The number of ether oxygens (including phenoxy) is 1. The van der Waals surface area contributed by atoms with Gasteiger partial charge in [-0.25, -0.2) is 9.59 Å². The quantitative estimate of drug-likeness (QED) is 0.558. The highest BCUT2D eigenvalue weighted by Gasteiger charge is 2.37. The SMILES string of the molecule is CNC(=O)OC(N)(CCSC)C(=O)O. The van der Waals surface area contributed by atoms with Crippen LogP contribution in [0.3, 0.4) is 0 Å². The number of carbonyl (C=O) groups excluding carboxylic acids is 1. The minimum Gasteiger partial charge on any atom is -0.477 e. The summed E-state index contributed by atoms with van der Waals surface area (Å²) in [7, 11) is 1.33. The number of nitrogens with one attached hydrogen (secondary N) is 1. The van der Waals surface area contributed by atoms with Gasteiger partial charge in [-0.1, -0.05) is 0 Å². The molecule has 0 heterocycles. The van der Waals surface area contributed by atoms with Crippen molar-refractivity contribution in [2.24, 2.45) is 5.73 Å². The summed E-state index contributed by atoms with van der Waals surface area (Å²) in [6.45, 7) is 0. The molecule has 7 heteroatoms. The molecule has 1 unspecified atom stereocenters. The van der Waals surface area contributed by atoms with Crippen LogP contribution < -0.4 is 11.1 Å². The second-order valence-corrected chi connectivity index (χ2v) is 3.56. The summed E-state index contributed by atoms with van der Waals surface area (Å²) < 4.78 is 4.57. The maximum Gasteiger partial charge on any atom is 0.409 e. The number of carbonyl (C=O) groups is 2. The number of alkyl carbamates (subject to hydrolysis) is 1. The zero-order valence-corrected chi connectivity index (χ0v) is 8.89.